The van der Waals surface area contributed by atoms with Crippen LogP contribution in [-0.2, 0) is 0 Å². The van der Waals surface area contributed by atoms with E-state index < -0.39 is 0 Å². The number of rotatable bonds is 0. The molecule has 0 bridgehead atoms. The molecule has 0 aromatic heterocycles. The minimum atomic E-state index is 0.194. The molecule has 0 radical (unpaired) electrons. The number of nitroso groups, excluding NO2 is 1. The predicted octanol–water partition coefficient (Wildman–Crippen LogP) is 1.26. The highest BCUT2D eigenvalue weighted by molar-refractivity contribution is 6.40. The van der Waals surface area contributed by atoms with E-state index in [1.54, 1.807) is 0 Å². The second kappa shape index (κ2) is 20.7. The molecule has 0 aliphatic rings. The molecule has 0 atom stereocenters. The zero-order chi connectivity index (χ0) is 5.41. The molecule has 5 heteroatoms. The number of nitrogens with zero attached hydrogens (tertiary/aromatic N) is 2. The lowest BCUT2D eigenvalue weighted by Gasteiger charge is -1.42. The molecule has 6 heavy (non-hydrogen) atoms. The first-order valence-corrected chi connectivity index (χ1v) is 1.99. The zero-order valence-corrected chi connectivity index (χ0v) is 4.28. The Morgan fingerprint density at radius 3 is 1.67 bits per heavy atom. The van der Waals surface area contributed by atoms with Gasteiger partial charge in [0.25, 0.3) is 0 Å². The monoisotopic (exact) mass is 128 g/mol. The maximum absolute atomic E-state index is 8.11. The van der Waals surface area contributed by atoms with Crippen molar-refractivity contribution in [3.05, 3.63) is 10.4 Å². The molecule has 0 heterocycles. The second-order valence-electron chi connectivity index (χ2n) is 0.183. The largest absolute Gasteiger partial charge is 0.294 e. The first-order chi connectivity index (χ1) is 2.83. The summed E-state index contributed by atoms with van der Waals surface area (Å²) in [6.45, 7) is 0. The van der Waals surface area contributed by atoms with E-state index in [-0.39, 0.29) is 5.34 Å². The van der Waals surface area contributed by atoms with Gasteiger partial charge in [-0.15, -0.1) is 23.2 Å². The third kappa shape index (κ3) is 2690. The highest BCUT2D eigenvalue weighted by Crippen LogP contribution is 1.73. The summed E-state index contributed by atoms with van der Waals surface area (Å²) < 4.78 is 0. The van der Waals surface area contributed by atoms with Gasteiger partial charge in [-0.05, 0) is 0 Å². The first-order valence-electron chi connectivity index (χ1n) is 0.917. The van der Waals surface area contributed by atoms with Gasteiger partial charge in [0.2, 0.25) is 0 Å². The summed E-state index contributed by atoms with van der Waals surface area (Å²) in [6.07, 6.45) is 0. The van der Waals surface area contributed by atoms with Gasteiger partial charge in [0, 0.05) is 0 Å². The highest BCUT2D eigenvalue weighted by Gasteiger charge is 1.41. The van der Waals surface area contributed by atoms with Crippen molar-refractivity contribution < 1.29 is 0 Å². The lowest BCUT2D eigenvalue weighted by atomic mass is 11.9. The van der Waals surface area contributed by atoms with Crippen LogP contribution in [0.1, 0.15) is 0 Å². The average molecular weight is 129 g/mol. The Balaban J connectivity index is 0. The Labute approximate surface area is 44.7 Å². The molecule has 0 rings (SSSR count). The van der Waals surface area contributed by atoms with E-state index in [0.29, 0.717) is 0 Å². The van der Waals surface area contributed by atoms with Crippen LogP contribution < -0.4 is 4.97 Å². The Hall–Kier alpha value is -0.110. The summed E-state index contributed by atoms with van der Waals surface area (Å²) in [6, 6.07) is 0. The SMILES string of the molecule is ClCCl.[N-]=[N+]=O. The molecule has 0 fully saturated rings. The molecule has 0 N–H and O–H groups in total. The Bertz CT molecular complexity index is 40.8. The number of hydrogen-bond acceptors (Lipinski definition) is 1. The molecule has 0 aromatic carbocycles. The summed E-state index contributed by atoms with van der Waals surface area (Å²) in [5.41, 5.74) is 6.64. The molecule has 0 saturated carbocycles. The maximum atomic E-state index is 8.11. The zero-order valence-electron chi connectivity index (χ0n) is 2.77. The van der Waals surface area contributed by atoms with Crippen molar-refractivity contribution in [2.24, 2.45) is 0 Å². The van der Waals surface area contributed by atoms with Gasteiger partial charge in [0.1, 0.15) is 4.97 Å². The van der Waals surface area contributed by atoms with Crippen LogP contribution in [0, 0.1) is 4.91 Å². The second-order valence-corrected chi connectivity index (χ2v) is 0.991. The third-order valence-electron chi connectivity index (χ3n) is 0. The lowest BCUT2D eigenvalue weighted by molar-refractivity contribution is 1.58. The third-order valence-corrected chi connectivity index (χ3v) is 0. The van der Waals surface area contributed by atoms with Gasteiger partial charge in [0.05, 0.1) is 5.34 Å². The topological polar surface area (TPSA) is 53.5 Å². The standard InChI is InChI=1S/CH2Cl2.N2O/c2-1-3;1-2-3/h1H2;. The van der Waals surface area contributed by atoms with E-state index >= 15 is 0 Å². The quantitative estimate of drug-likeness (QED) is 0.276. The molecule has 0 amide bonds. The van der Waals surface area contributed by atoms with Crippen LogP contribution in [0.2, 0.25) is 0 Å². The van der Waals surface area contributed by atoms with Crippen molar-refractivity contribution in [2.75, 3.05) is 5.34 Å². The Morgan fingerprint density at radius 2 is 1.67 bits per heavy atom. The molecule has 3 nitrogen and oxygen atoms in total. The van der Waals surface area contributed by atoms with E-state index in [0.717, 1.165) is 0 Å². The molecule has 0 aliphatic heterocycles. The van der Waals surface area contributed by atoms with E-state index in [9.17, 15) is 0 Å². The number of alkyl halides is 2. The fourth-order valence-corrected chi connectivity index (χ4v) is 0. The lowest BCUT2D eigenvalue weighted by Crippen LogP contribution is -1.24. The summed E-state index contributed by atoms with van der Waals surface area (Å²) in [4.78, 5) is 9.36. The van der Waals surface area contributed by atoms with E-state index in [2.05, 4.69) is 0 Å². The van der Waals surface area contributed by atoms with Crippen LogP contribution >= 0.6 is 23.2 Å². The van der Waals surface area contributed by atoms with Crippen LogP contribution in [0.4, 0.5) is 0 Å². The first kappa shape index (κ1) is 9.31. The fourth-order valence-electron chi connectivity index (χ4n) is 0. The van der Waals surface area contributed by atoms with Gasteiger partial charge < -0.3 is 0 Å². The van der Waals surface area contributed by atoms with Gasteiger partial charge >= 0.3 is 0 Å². The number of halogens is 2. The van der Waals surface area contributed by atoms with E-state index in [1.165, 1.54) is 4.97 Å². The van der Waals surface area contributed by atoms with Crippen molar-refractivity contribution >= 4 is 23.2 Å². The predicted molar refractivity (Wildman–Crippen MR) is 25.4 cm³/mol. The van der Waals surface area contributed by atoms with Crippen molar-refractivity contribution in [2.45, 2.75) is 0 Å². The highest BCUT2D eigenvalue weighted by atomic mass is 35.5. The van der Waals surface area contributed by atoms with Crippen LogP contribution in [0.25, 0.3) is 5.53 Å². The molecule has 0 aliphatic carbocycles. The molecular formula is CH2Cl2N2O. The molecule has 36 valence electrons. The summed E-state index contributed by atoms with van der Waals surface area (Å²) in [7, 11) is 0. The van der Waals surface area contributed by atoms with Crippen LogP contribution in [0.3, 0.4) is 0 Å². The molecule has 0 saturated heterocycles. The van der Waals surface area contributed by atoms with Crippen LogP contribution in [0.5, 0.6) is 0 Å². The fraction of sp³-hybridized carbons (Fsp3) is 1.00. The Kier molecular flexibility index (Phi) is 32.1. The van der Waals surface area contributed by atoms with Gasteiger partial charge in [-0.2, -0.15) is 0 Å². The van der Waals surface area contributed by atoms with Gasteiger partial charge in [-0.25, -0.2) is 0 Å². The van der Waals surface area contributed by atoms with Crippen molar-refractivity contribution in [3.63, 3.8) is 0 Å². The van der Waals surface area contributed by atoms with Crippen LogP contribution in [0.15, 0.2) is 0 Å². The van der Waals surface area contributed by atoms with Gasteiger partial charge in [-0.1, -0.05) is 0 Å². The molecular weight excluding hydrogens is 127 g/mol. The van der Waals surface area contributed by atoms with E-state index in [1.807, 2.05) is 0 Å². The van der Waals surface area contributed by atoms with Crippen LogP contribution in [-0.4, -0.2) is 5.34 Å². The van der Waals surface area contributed by atoms with E-state index in [4.69, 9.17) is 33.6 Å². The molecule has 0 spiro atoms. The van der Waals surface area contributed by atoms with Crippen molar-refractivity contribution in [1.29, 1.82) is 0 Å². The maximum Gasteiger partial charge on any atom is 0.151 e. The summed E-state index contributed by atoms with van der Waals surface area (Å²) in [5, 5.41) is 0.194. The summed E-state index contributed by atoms with van der Waals surface area (Å²) in [5.74, 6) is 0. The molecule has 0 unspecified atom stereocenters. The van der Waals surface area contributed by atoms with Gasteiger partial charge in [-0.3, -0.25) is 5.53 Å². The average Bonchev–Trinajstić information content (AvgIpc) is 1.39. The van der Waals surface area contributed by atoms with Crippen molar-refractivity contribution in [3.8, 4) is 0 Å². The smallest absolute Gasteiger partial charge is 0.151 e. The minimum Gasteiger partial charge on any atom is -0.294 e. The van der Waals surface area contributed by atoms with Gasteiger partial charge in [0.15, 0.2) is 4.91 Å². The minimum absolute atomic E-state index is 0.194. The normalized spacial score (nSPS) is 4.33. The van der Waals surface area contributed by atoms with Crippen molar-refractivity contribution in [1.82, 2.24) is 4.97 Å². The summed E-state index contributed by atoms with van der Waals surface area (Å²) >= 11 is 9.53. The number of hydrogen-bond donors (Lipinski definition) is 0. The molecule has 0 aromatic rings. The Morgan fingerprint density at radius 1 is 1.67 bits per heavy atom.